The zero-order valence-corrected chi connectivity index (χ0v) is 11.5. The Labute approximate surface area is 125 Å². The first-order valence-electron chi connectivity index (χ1n) is 6.68. The maximum atomic E-state index is 13.1. The van der Waals surface area contributed by atoms with Crippen molar-refractivity contribution < 1.29 is 18.4 Å². The molecular formula is C16H12F2N2O2. The number of nitrogens with one attached hydrogen (secondary N) is 2. The van der Waals surface area contributed by atoms with Gasteiger partial charge in [0.15, 0.2) is 11.6 Å². The topological polar surface area (TPSA) is 58.2 Å². The zero-order chi connectivity index (χ0) is 15.7. The van der Waals surface area contributed by atoms with Crippen LogP contribution in [-0.2, 0) is 17.8 Å². The van der Waals surface area contributed by atoms with E-state index >= 15 is 0 Å². The van der Waals surface area contributed by atoms with Gasteiger partial charge in [0.1, 0.15) is 0 Å². The lowest BCUT2D eigenvalue weighted by Crippen LogP contribution is -2.23. The van der Waals surface area contributed by atoms with Crippen LogP contribution in [0.2, 0.25) is 0 Å². The summed E-state index contributed by atoms with van der Waals surface area (Å²) in [6.07, 6.45) is 0.320. The molecule has 3 rings (SSSR count). The maximum Gasteiger partial charge on any atom is 0.251 e. The van der Waals surface area contributed by atoms with Gasteiger partial charge in [0.25, 0.3) is 5.91 Å². The summed E-state index contributed by atoms with van der Waals surface area (Å²) in [6, 6.07) is 8.39. The first-order valence-corrected chi connectivity index (χ1v) is 6.68. The van der Waals surface area contributed by atoms with Crippen molar-refractivity contribution in [1.29, 1.82) is 0 Å². The number of anilines is 1. The molecule has 1 aliphatic heterocycles. The van der Waals surface area contributed by atoms with Crippen molar-refractivity contribution in [3.8, 4) is 0 Å². The van der Waals surface area contributed by atoms with Crippen molar-refractivity contribution in [2.75, 3.05) is 5.32 Å². The van der Waals surface area contributed by atoms with Crippen molar-refractivity contribution in [2.45, 2.75) is 13.0 Å². The fourth-order valence-corrected chi connectivity index (χ4v) is 2.31. The second-order valence-corrected chi connectivity index (χ2v) is 5.03. The Morgan fingerprint density at radius 3 is 2.73 bits per heavy atom. The van der Waals surface area contributed by atoms with Crippen molar-refractivity contribution in [3.63, 3.8) is 0 Å². The fraction of sp³-hybridized carbons (Fsp3) is 0.125. The highest BCUT2D eigenvalue weighted by atomic mass is 19.2. The van der Waals surface area contributed by atoms with Crippen LogP contribution in [0.15, 0.2) is 36.4 Å². The van der Waals surface area contributed by atoms with Crippen LogP contribution in [0.5, 0.6) is 0 Å². The smallest absolute Gasteiger partial charge is 0.251 e. The van der Waals surface area contributed by atoms with Crippen LogP contribution < -0.4 is 10.6 Å². The summed E-state index contributed by atoms with van der Waals surface area (Å²) < 4.78 is 25.9. The van der Waals surface area contributed by atoms with E-state index in [9.17, 15) is 18.4 Å². The van der Waals surface area contributed by atoms with Gasteiger partial charge < -0.3 is 10.6 Å². The molecule has 0 bridgehead atoms. The summed E-state index contributed by atoms with van der Waals surface area (Å²) in [5.41, 5.74) is 2.54. The lowest BCUT2D eigenvalue weighted by atomic mass is 10.1. The Morgan fingerprint density at radius 1 is 1.14 bits per heavy atom. The molecule has 22 heavy (non-hydrogen) atoms. The van der Waals surface area contributed by atoms with E-state index in [2.05, 4.69) is 10.6 Å². The van der Waals surface area contributed by atoms with Crippen molar-refractivity contribution >= 4 is 17.5 Å². The van der Waals surface area contributed by atoms with Gasteiger partial charge in [-0.2, -0.15) is 0 Å². The molecule has 1 heterocycles. The third kappa shape index (κ3) is 2.81. The van der Waals surface area contributed by atoms with Crippen molar-refractivity contribution in [3.05, 3.63) is 64.7 Å². The largest absolute Gasteiger partial charge is 0.348 e. The summed E-state index contributed by atoms with van der Waals surface area (Å²) >= 11 is 0. The van der Waals surface area contributed by atoms with E-state index in [0.717, 1.165) is 28.9 Å². The van der Waals surface area contributed by atoms with Gasteiger partial charge in [-0.15, -0.1) is 0 Å². The summed E-state index contributed by atoms with van der Waals surface area (Å²) in [7, 11) is 0. The number of benzene rings is 2. The molecule has 2 amide bonds. The van der Waals surface area contributed by atoms with Crippen LogP contribution in [0.25, 0.3) is 0 Å². The lowest BCUT2D eigenvalue weighted by Gasteiger charge is -2.07. The molecule has 2 N–H and O–H groups in total. The molecule has 0 saturated heterocycles. The SMILES string of the molecule is O=C1Cc2cc(CNC(=O)c3ccc(F)c(F)c3)ccc2N1. The van der Waals surface area contributed by atoms with E-state index in [1.165, 1.54) is 6.07 Å². The number of halogens is 2. The summed E-state index contributed by atoms with van der Waals surface area (Å²) in [5, 5.41) is 5.35. The van der Waals surface area contributed by atoms with Crippen LogP contribution in [0.3, 0.4) is 0 Å². The minimum Gasteiger partial charge on any atom is -0.348 e. The Bertz CT molecular complexity index is 775. The molecule has 1 aliphatic rings. The molecule has 0 radical (unpaired) electrons. The molecule has 2 aromatic carbocycles. The summed E-state index contributed by atoms with van der Waals surface area (Å²) in [4.78, 5) is 23.2. The molecule has 0 fully saturated rings. The third-order valence-corrected chi connectivity index (χ3v) is 3.43. The van der Waals surface area contributed by atoms with E-state index in [0.29, 0.717) is 6.42 Å². The number of hydrogen-bond donors (Lipinski definition) is 2. The molecule has 0 aliphatic carbocycles. The summed E-state index contributed by atoms with van der Waals surface area (Å²) in [5.74, 6) is -2.60. The molecule has 0 spiro atoms. The van der Waals surface area contributed by atoms with Crippen LogP contribution in [-0.4, -0.2) is 11.8 Å². The molecule has 4 nitrogen and oxygen atoms in total. The monoisotopic (exact) mass is 302 g/mol. The maximum absolute atomic E-state index is 13.1. The number of amides is 2. The van der Waals surface area contributed by atoms with E-state index in [1.54, 1.807) is 12.1 Å². The molecular weight excluding hydrogens is 290 g/mol. The second kappa shape index (κ2) is 5.55. The quantitative estimate of drug-likeness (QED) is 0.914. The fourth-order valence-electron chi connectivity index (χ4n) is 2.31. The first kappa shape index (κ1) is 14.2. The van der Waals surface area contributed by atoms with Gasteiger partial charge in [-0.1, -0.05) is 12.1 Å². The van der Waals surface area contributed by atoms with E-state index in [4.69, 9.17) is 0 Å². The number of carbonyl (C=O) groups excluding carboxylic acids is 2. The molecule has 0 unspecified atom stereocenters. The highest BCUT2D eigenvalue weighted by Gasteiger charge is 2.17. The van der Waals surface area contributed by atoms with Crippen LogP contribution in [0, 0.1) is 11.6 Å². The van der Waals surface area contributed by atoms with Crippen LogP contribution in [0.4, 0.5) is 14.5 Å². The van der Waals surface area contributed by atoms with E-state index in [-0.39, 0.29) is 18.0 Å². The average Bonchev–Trinajstić information content (AvgIpc) is 2.86. The highest BCUT2D eigenvalue weighted by molar-refractivity contribution is 5.99. The average molecular weight is 302 g/mol. The minimum absolute atomic E-state index is 0.0527. The Balaban J connectivity index is 1.67. The molecule has 0 aromatic heterocycles. The number of hydrogen-bond acceptors (Lipinski definition) is 2. The number of carbonyl (C=O) groups is 2. The molecule has 112 valence electrons. The van der Waals surface area contributed by atoms with Gasteiger partial charge in [-0.05, 0) is 35.4 Å². The van der Waals surface area contributed by atoms with Gasteiger partial charge in [0.2, 0.25) is 5.91 Å². The van der Waals surface area contributed by atoms with Gasteiger partial charge in [-0.25, -0.2) is 8.78 Å². The van der Waals surface area contributed by atoms with Gasteiger partial charge >= 0.3 is 0 Å². The first-order chi connectivity index (χ1) is 10.5. The van der Waals surface area contributed by atoms with E-state index in [1.807, 2.05) is 6.07 Å². The van der Waals surface area contributed by atoms with Crippen molar-refractivity contribution in [2.24, 2.45) is 0 Å². The molecule has 2 aromatic rings. The lowest BCUT2D eigenvalue weighted by molar-refractivity contribution is -0.115. The predicted molar refractivity (Wildman–Crippen MR) is 76.3 cm³/mol. The normalized spacial score (nSPS) is 12.7. The van der Waals surface area contributed by atoms with Crippen LogP contribution >= 0.6 is 0 Å². The molecule has 0 saturated carbocycles. The Hall–Kier alpha value is -2.76. The predicted octanol–water partition coefficient (Wildman–Crippen LogP) is 2.39. The van der Waals surface area contributed by atoms with Crippen LogP contribution in [0.1, 0.15) is 21.5 Å². The van der Waals surface area contributed by atoms with Gasteiger partial charge in [-0.3, -0.25) is 9.59 Å². The standard InChI is InChI=1S/C16H12F2N2O2/c17-12-3-2-10(6-13(12)18)16(22)19-8-9-1-4-14-11(5-9)7-15(21)20-14/h1-6H,7-8H2,(H,19,22)(H,20,21). The third-order valence-electron chi connectivity index (χ3n) is 3.43. The Kier molecular flexibility index (Phi) is 3.58. The van der Waals surface area contributed by atoms with Gasteiger partial charge in [0.05, 0.1) is 6.42 Å². The molecule has 0 atom stereocenters. The van der Waals surface area contributed by atoms with E-state index < -0.39 is 17.5 Å². The number of rotatable bonds is 3. The zero-order valence-electron chi connectivity index (χ0n) is 11.5. The highest BCUT2D eigenvalue weighted by Crippen LogP contribution is 2.23. The molecule has 6 heteroatoms. The minimum atomic E-state index is -1.06. The second-order valence-electron chi connectivity index (χ2n) is 5.03. The Morgan fingerprint density at radius 2 is 1.95 bits per heavy atom. The number of fused-ring (bicyclic) bond motifs is 1. The van der Waals surface area contributed by atoms with Crippen molar-refractivity contribution in [1.82, 2.24) is 5.32 Å². The summed E-state index contributed by atoms with van der Waals surface area (Å²) in [6.45, 7) is 0.235. The van der Waals surface area contributed by atoms with Gasteiger partial charge in [0, 0.05) is 17.8 Å².